The lowest BCUT2D eigenvalue weighted by atomic mass is 9.75. The predicted octanol–water partition coefficient (Wildman–Crippen LogP) is 4.71. The first-order valence-electron chi connectivity index (χ1n) is 10.7. The topological polar surface area (TPSA) is 57.7 Å². The van der Waals surface area contributed by atoms with Crippen molar-refractivity contribution in [3.8, 4) is 0 Å². The molecule has 3 fully saturated rings. The second kappa shape index (κ2) is 6.82. The summed E-state index contributed by atoms with van der Waals surface area (Å²) in [5.74, 6) is 3.04. The summed E-state index contributed by atoms with van der Waals surface area (Å²) < 4.78 is 0. The largest absolute Gasteiger partial charge is 0.355 e. The number of aromatic nitrogens is 4. The molecule has 2 aromatic heterocycles. The summed E-state index contributed by atoms with van der Waals surface area (Å²) >= 11 is 0. The highest BCUT2D eigenvalue weighted by Gasteiger charge is 2.46. The summed E-state index contributed by atoms with van der Waals surface area (Å²) in [6.45, 7) is 2.27. The Labute approximate surface area is 156 Å². The van der Waals surface area contributed by atoms with E-state index >= 15 is 0 Å². The average Bonchev–Trinajstić information content (AvgIpc) is 3.27. The fourth-order valence-electron chi connectivity index (χ4n) is 6.04. The summed E-state index contributed by atoms with van der Waals surface area (Å²) in [4.78, 5) is 11.7. The molecule has 5 heteroatoms. The van der Waals surface area contributed by atoms with Gasteiger partial charge in [-0.1, -0.05) is 44.9 Å². The highest BCUT2D eigenvalue weighted by atomic mass is 15.2. The maximum atomic E-state index is 4.73. The molecule has 0 bridgehead atoms. The minimum atomic E-state index is 0.622. The van der Waals surface area contributed by atoms with E-state index in [-0.39, 0.29) is 0 Å². The van der Waals surface area contributed by atoms with Gasteiger partial charge in [-0.3, -0.25) is 5.10 Å². The van der Waals surface area contributed by atoms with Crippen LogP contribution in [-0.4, -0.2) is 33.3 Å². The number of aromatic amines is 1. The van der Waals surface area contributed by atoms with Crippen LogP contribution in [-0.2, 0) is 0 Å². The first-order valence-corrected chi connectivity index (χ1v) is 10.7. The zero-order valence-electron chi connectivity index (χ0n) is 15.8. The van der Waals surface area contributed by atoms with Crippen molar-refractivity contribution in [1.82, 2.24) is 20.2 Å². The predicted molar refractivity (Wildman–Crippen MR) is 104 cm³/mol. The number of H-pyrrole nitrogens is 1. The van der Waals surface area contributed by atoms with Crippen LogP contribution in [0.4, 0.5) is 5.82 Å². The van der Waals surface area contributed by atoms with Crippen LogP contribution in [0.2, 0.25) is 0 Å². The van der Waals surface area contributed by atoms with Crippen LogP contribution in [0.5, 0.6) is 0 Å². The molecule has 0 radical (unpaired) electrons. The first kappa shape index (κ1) is 16.5. The van der Waals surface area contributed by atoms with E-state index in [4.69, 9.17) is 4.98 Å². The molecule has 1 spiro atoms. The van der Waals surface area contributed by atoms with Gasteiger partial charge < -0.3 is 4.90 Å². The zero-order valence-corrected chi connectivity index (χ0v) is 15.8. The highest BCUT2D eigenvalue weighted by Crippen LogP contribution is 2.55. The molecule has 1 N–H and O–H groups in total. The maximum absolute atomic E-state index is 4.73. The quantitative estimate of drug-likeness (QED) is 0.806. The minimum Gasteiger partial charge on any atom is -0.355 e. The van der Waals surface area contributed by atoms with Gasteiger partial charge in [-0.2, -0.15) is 5.10 Å². The number of piperidine rings is 1. The third-order valence-electron chi connectivity index (χ3n) is 7.50. The Morgan fingerprint density at radius 3 is 2.35 bits per heavy atom. The molecule has 1 aliphatic heterocycles. The number of hydrogen-bond donors (Lipinski definition) is 1. The van der Waals surface area contributed by atoms with Crippen molar-refractivity contribution in [2.75, 3.05) is 18.0 Å². The van der Waals surface area contributed by atoms with Gasteiger partial charge in [0.1, 0.15) is 11.3 Å². The Balaban J connectivity index is 1.26. The molecule has 5 rings (SSSR count). The molecular formula is C21H31N5. The van der Waals surface area contributed by atoms with Gasteiger partial charge in [0.15, 0.2) is 5.65 Å². The van der Waals surface area contributed by atoms with Crippen LogP contribution in [0, 0.1) is 17.3 Å². The number of rotatable bonds is 1. The zero-order chi connectivity index (χ0) is 17.4. The van der Waals surface area contributed by atoms with E-state index in [0.29, 0.717) is 5.41 Å². The van der Waals surface area contributed by atoms with Crippen LogP contribution in [0.25, 0.3) is 11.2 Å². The van der Waals surface area contributed by atoms with Crippen molar-refractivity contribution >= 4 is 17.0 Å². The molecule has 2 unspecified atom stereocenters. The summed E-state index contributed by atoms with van der Waals surface area (Å²) in [7, 11) is 0. The van der Waals surface area contributed by atoms with Gasteiger partial charge in [0.25, 0.3) is 0 Å². The van der Waals surface area contributed by atoms with Gasteiger partial charge >= 0.3 is 0 Å². The Kier molecular flexibility index (Phi) is 4.33. The van der Waals surface area contributed by atoms with E-state index in [1.165, 1.54) is 70.6 Å². The van der Waals surface area contributed by atoms with Crippen molar-refractivity contribution < 1.29 is 0 Å². The fraction of sp³-hybridized carbons (Fsp3) is 0.762. The third-order valence-corrected chi connectivity index (χ3v) is 7.50. The van der Waals surface area contributed by atoms with E-state index in [1.54, 1.807) is 6.20 Å². The van der Waals surface area contributed by atoms with Crippen molar-refractivity contribution in [2.45, 2.75) is 70.6 Å². The Hall–Kier alpha value is -1.65. The van der Waals surface area contributed by atoms with Gasteiger partial charge in [0, 0.05) is 13.1 Å². The maximum Gasteiger partial charge on any atom is 0.176 e. The lowest BCUT2D eigenvalue weighted by Crippen LogP contribution is -2.39. The van der Waals surface area contributed by atoms with E-state index < -0.39 is 0 Å². The van der Waals surface area contributed by atoms with E-state index in [2.05, 4.69) is 20.1 Å². The number of nitrogens with one attached hydrogen (secondary N) is 1. The number of fused-ring (bicyclic) bond motifs is 2. The van der Waals surface area contributed by atoms with Crippen molar-refractivity contribution in [3.05, 3.63) is 12.4 Å². The van der Waals surface area contributed by atoms with Crippen LogP contribution < -0.4 is 4.90 Å². The Bertz CT molecular complexity index is 728. The Morgan fingerprint density at radius 1 is 0.923 bits per heavy atom. The van der Waals surface area contributed by atoms with E-state index in [9.17, 15) is 0 Å². The molecule has 26 heavy (non-hydrogen) atoms. The van der Waals surface area contributed by atoms with Crippen molar-refractivity contribution in [2.24, 2.45) is 17.3 Å². The molecule has 3 aliphatic rings. The van der Waals surface area contributed by atoms with Gasteiger partial charge in [-0.25, -0.2) is 9.97 Å². The molecule has 5 nitrogen and oxygen atoms in total. The van der Waals surface area contributed by atoms with Gasteiger partial charge in [0.2, 0.25) is 0 Å². The molecular weight excluding hydrogens is 322 g/mol. The van der Waals surface area contributed by atoms with Crippen LogP contribution >= 0.6 is 0 Å². The van der Waals surface area contributed by atoms with Crippen molar-refractivity contribution in [3.63, 3.8) is 0 Å². The number of hydrogen-bond acceptors (Lipinski definition) is 4. The van der Waals surface area contributed by atoms with Gasteiger partial charge in [0.05, 0.1) is 12.4 Å². The van der Waals surface area contributed by atoms with Crippen LogP contribution in [0.3, 0.4) is 0 Å². The summed E-state index contributed by atoms with van der Waals surface area (Å²) in [5.41, 5.74) is 2.28. The normalized spacial score (nSPS) is 29.3. The molecule has 1 saturated heterocycles. The standard InChI is InChI=1S/C21H31N5/c1-2-4-6-16-12-21(13-17(16)7-5-3-1)8-10-26(11-9-21)19-15-22-18-14-23-25-20(18)24-19/h14-17H,1-13H2,(H,23,24,25). The highest BCUT2D eigenvalue weighted by molar-refractivity contribution is 5.70. The summed E-state index contributed by atoms with van der Waals surface area (Å²) in [6, 6.07) is 0. The van der Waals surface area contributed by atoms with E-state index in [0.717, 1.165) is 41.9 Å². The molecule has 2 aliphatic carbocycles. The average molecular weight is 354 g/mol. The first-order chi connectivity index (χ1) is 12.8. The second-order valence-electron chi connectivity index (χ2n) is 9.09. The molecule has 0 aromatic carbocycles. The molecule has 2 aromatic rings. The molecule has 0 amide bonds. The molecule has 2 saturated carbocycles. The monoisotopic (exact) mass is 353 g/mol. The lowest BCUT2D eigenvalue weighted by molar-refractivity contribution is 0.210. The van der Waals surface area contributed by atoms with Crippen LogP contribution in [0.15, 0.2) is 12.4 Å². The van der Waals surface area contributed by atoms with Crippen molar-refractivity contribution in [1.29, 1.82) is 0 Å². The number of anilines is 1. The Morgan fingerprint density at radius 2 is 1.62 bits per heavy atom. The summed E-state index contributed by atoms with van der Waals surface area (Å²) in [6.07, 6.45) is 19.7. The minimum absolute atomic E-state index is 0.622. The van der Waals surface area contributed by atoms with Gasteiger partial charge in [-0.15, -0.1) is 0 Å². The molecule has 140 valence electrons. The van der Waals surface area contributed by atoms with Crippen LogP contribution in [0.1, 0.15) is 70.6 Å². The van der Waals surface area contributed by atoms with E-state index in [1.807, 2.05) is 6.20 Å². The third kappa shape index (κ3) is 3.10. The SMILES string of the molecule is c1nc2cn[nH]c2nc1N1CCC2(CC1)CC1CCCCCCCC1C2. The lowest BCUT2D eigenvalue weighted by Gasteiger charge is -2.40. The smallest absolute Gasteiger partial charge is 0.176 e. The summed E-state index contributed by atoms with van der Waals surface area (Å²) in [5, 5.41) is 6.99. The number of nitrogens with zero attached hydrogens (tertiary/aromatic N) is 4. The molecule has 3 heterocycles. The molecule has 2 atom stereocenters. The van der Waals surface area contributed by atoms with Gasteiger partial charge in [-0.05, 0) is 42.9 Å². The second-order valence-corrected chi connectivity index (χ2v) is 9.09. The fourth-order valence-corrected chi connectivity index (χ4v) is 6.04.